The molecule has 0 radical (unpaired) electrons. The minimum atomic E-state index is -6.82. The molecule has 0 saturated carbocycles. The molecule has 0 atom stereocenters. The zero-order valence-electron chi connectivity index (χ0n) is 21.8. The average molecular weight is 713 g/mol. The van der Waals surface area contributed by atoms with Crippen molar-refractivity contribution >= 4 is 60.1 Å². The third-order valence-corrected chi connectivity index (χ3v) is 12.2. The van der Waals surface area contributed by atoms with Gasteiger partial charge in [0.05, 0.1) is 24.0 Å². The molecule has 0 aliphatic rings. The molecule has 242 valence electrons. The van der Waals surface area contributed by atoms with Crippen molar-refractivity contribution in [2.75, 3.05) is 24.0 Å². The predicted molar refractivity (Wildman–Crippen MR) is 136 cm³/mol. The van der Waals surface area contributed by atoms with Crippen LogP contribution in [0.1, 0.15) is 40.5 Å². The number of nitrogens with zero attached hydrogens (tertiary/aromatic N) is 1. The van der Waals surface area contributed by atoms with Crippen molar-refractivity contribution in [2.45, 2.75) is 56.6 Å². The maximum Gasteiger partial charge on any atom is 0.511 e. The van der Waals surface area contributed by atoms with Crippen molar-refractivity contribution in [1.82, 2.24) is 28.4 Å². The van der Waals surface area contributed by atoms with E-state index in [-0.39, 0.29) is 39.2 Å². The summed E-state index contributed by atoms with van der Waals surface area (Å²) in [4.78, 5) is 2.62. The third kappa shape index (κ3) is 10.5. The van der Waals surface area contributed by atoms with Gasteiger partial charge < -0.3 is 0 Å². The molecule has 0 bridgehead atoms. The second-order valence-electron chi connectivity index (χ2n) is 8.59. The maximum atomic E-state index is 13.7. The molecule has 0 spiro atoms. The molecule has 0 fully saturated rings. The Hall–Kier alpha value is -0.750. The lowest BCUT2D eigenvalue weighted by Crippen LogP contribution is -2.82. The zero-order chi connectivity index (χ0) is 32.4. The summed E-state index contributed by atoms with van der Waals surface area (Å²) in [6.45, 7) is 3.03. The van der Waals surface area contributed by atoms with E-state index in [4.69, 9.17) is 0 Å². The van der Waals surface area contributed by atoms with Crippen molar-refractivity contribution in [3.8, 4) is 0 Å². The Morgan fingerprint density at radius 2 is 1.07 bits per heavy atom. The highest BCUT2D eigenvalue weighted by molar-refractivity contribution is 7.95. The second-order valence-corrected chi connectivity index (χ2v) is 19.9. The Kier molecular flexibility index (Phi) is 12.2. The van der Waals surface area contributed by atoms with Gasteiger partial charge in [0, 0.05) is 0 Å². The Labute approximate surface area is 232 Å². The van der Waals surface area contributed by atoms with Crippen molar-refractivity contribution < 1.29 is 63.7 Å². The molecule has 0 aromatic rings. The van der Waals surface area contributed by atoms with Crippen LogP contribution in [-0.2, 0) is 60.1 Å². The van der Waals surface area contributed by atoms with E-state index in [1.807, 2.05) is 0 Å². The number of sulfonamides is 6. The van der Waals surface area contributed by atoms with Gasteiger partial charge in [-0.1, -0.05) is 13.3 Å². The summed E-state index contributed by atoms with van der Waals surface area (Å²) >= 11 is 0. The molecule has 5 N–H and O–H groups in total. The highest BCUT2D eigenvalue weighted by Crippen LogP contribution is 2.33. The largest absolute Gasteiger partial charge is 0.511 e. The molecule has 0 aliphatic carbocycles. The Balaban J connectivity index is 7.80. The summed E-state index contributed by atoms with van der Waals surface area (Å²) in [5.74, 6) is -5.85. The van der Waals surface area contributed by atoms with Gasteiger partial charge in [-0.3, -0.25) is 0 Å². The van der Waals surface area contributed by atoms with Gasteiger partial charge in [-0.25, -0.2) is 50.5 Å². The number of hydrazine groups is 2. The van der Waals surface area contributed by atoms with E-state index in [0.29, 0.717) is 4.72 Å². The molecule has 18 nitrogen and oxygen atoms in total. The van der Waals surface area contributed by atoms with Gasteiger partial charge in [-0.15, -0.1) is 9.66 Å². The molecule has 0 aliphatic heterocycles. The van der Waals surface area contributed by atoms with Gasteiger partial charge >= 0.3 is 15.5 Å². The van der Waals surface area contributed by atoms with E-state index in [1.54, 1.807) is 0 Å². The van der Waals surface area contributed by atoms with E-state index in [2.05, 4.69) is 0 Å². The number of hydrogen-bond acceptors (Lipinski definition) is 12. The summed E-state index contributed by atoms with van der Waals surface area (Å²) < 4.78 is 188. The van der Waals surface area contributed by atoms with Crippen LogP contribution in [0.15, 0.2) is 0 Å². The van der Waals surface area contributed by atoms with Gasteiger partial charge in [0.15, 0.2) is 5.79 Å². The van der Waals surface area contributed by atoms with Crippen LogP contribution in [0.2, 0.25) is 0 Å². The second kappa shape index (κ2) is 12.5. The predicted octanol–water partition coefficient (Wildman–Crippen LogP) is -2.92. The number of rotatable bonds is 17. The fourth-order valence-corrected chi connectivity index (χ4v) is 9.58. The first-order valence-corrected chi connectivity index (χ1v) is 20.4. The number of nitrogens with one attached hydrogen (secondary N) is 5. The van der Waals surface area contributed by atoms with Gasteiger partial charge in [0.1, 0.15) is 4.75 Å². The van der Waals surface area contributed by atoms with Crippen LogP contribution in [0.3, 0.4) is 0 Å². The maximum absolute atomic E-state index is 13.7. The number of unbranched alkanes of at least 4 members (excludes halogenated alkanes) is 1. The molecular formula is C13H31F3N6O12S6. The van der Waals surface area contributed by atoms with Crippen molar-refractivity contribution in [3.63, 3.8) is 0 Å². The van der Waals surface area contributed by atoms with Gasteiger partial charge in [0.2, 0.25) is 40.1 Å². The van der Waals surface area contributed by atoms with Crippen LogP contribution in [-0.4, -0.2) is 95.1 Å². The molecule has 0 heterocycles. The first-order valence-electron chi connectivity index (χ1n) is 10.4. The van der Waals surface area contributed by atoms with Crippen molar-refractivity contribution in [1.29, 1.82) is 0 Å². The zero-order valence-corrected chi connectivity index (χ0v) is 26.7. The molecular weight excluding hydrogens is 682 g/mol. The fourth-order valence-electron chi connectivity index (χ4n) is 2.48. The van der Waals surface area contributed by atoms with Crippen LogP contribution < -0.4 is 23.8 Å². The molecule has 0 aromatic carbocycles. The lowest BCUT2D eigenvalue weighted by Gasteiger charge is -2.46. The summed E-state index contributed by atoms with van der Waals surface area (Å²) in [5, 5.41) is 0. The topological polar surface area (TPSA) is 268 Å². The molecule has 0 amide bonds. The lowest BCUT2D eigenvalue weighted by molar-refractivity contribution is -0.0462. The van der Waals surface area contributed by atoms with E-state index in [1.165, 1.54) is 16.6 Å². The van der Waals surface area contributed by atoms with Crippen LogP contribution in [0.4, 0.5) is 13.2 Å². The Bertz CT molecular complexity index is 1540. The monoisotopic (exact) mass is 712 g/mol. The quantitative estimate of drug-likeness (QED) is 0.0750. The number of alkyl halides is 3. The molecule has 40 heavy (non-hydrogen) atoms. The van der Waals surface area contributed by atoms with E-state index in [9.17, 15) is 63.7 Å². The molecule has 0 unspecified atom stereocenters. The highest BCUT2D eigenvalue weighted by atomic mass is 32.2. The van der Waals surface area contributed by atoms with Gasteiger partial charge in [-0.2, -0.15) is 27.3 Å². The Morgan fingerprint density at radius 3 is 1.40 bits per heavy atom. The summed E-state index contributed by atoms with van der Waals surface area (Å²) in [6, 6.07) is 0. The summed E-state index contributed by atoms with van der Waals surface area (Å²) in [6.07, 6.45) is 0.495. The number of hydrogen-bond donors (Lipinski definition) is 5. The van der Waals surface area contributed by atoms with Crippen LogP contribution in [0.5, 0.6) is 0 Å². The SMILES string of the molecule is CCCCS(=O)(=O)NN(NS(=O)(=O)CC)S(=O)(=O)C(C)(C)C(NS(C)(=O)=O)(NS(C)(=O)=O)NS(=O)(=O)C(F)(F)F. The van der Waals surface area contributed by atoms with E-state index in [0.717, 1.165) is 16.4 Å². The van der Waals surface area contributed by atoms with Crippen LogP contribution in [0, 0.1) is 0 Å². The average Bonchev–Trinajstić information content (AvgIpc) is 2.67. The minimum Gasteiger partial charge on any atom is -0.213 e. The molecule has 0 saturated heterocycles. The smallest absolute Gasteiger partial charge is 0.213 e. The standard InChI is InChI=1S/C13H31F3N6O12S6/c1-7-9-10-38(29,30)21-22(20-37(27,28)8-2)40(33,34)11(3,4)12(17-35(5,23)24,18-36(6,25)26)19-39(31,32)13(14,15)16/h17-21H,7-10H2,1-6H3. The third-order valence-electron chi connectivity index (χ3n) is 4.65. The lowest BCUT2D eigenvalue weighted by atomic mass is 10.1. The van der Waals surface area contributed by atoms with Crippen molar-refractivity contribution in [2.24, 2.45) is 0 Å². The normalized spacial score (nSPS) is 15.4. The molecule has 0 aromatic heterocycles. The molecule has 0 rings (SSSR count). The number of halogens is 3. The summed E-state index contributed by atoms with van der Waals surface area (Å²) in [7, 11) is -32.5. The van der Waals surface area contributed by atoms with Crippen LogP contribution >= 0.6 is 0 Å². The fraction of sp³-hybridized carbons (Fsp3) is 1.00. The van der Waals surface area contributed by atoms with Crippen LogP contribution in [0.25, 0.3) is 0 Å². The van der Waals surface area contributed by atoms with E-state index < -0.39 is 92.2 Å². The van der Waals surface area contributed by atoms with E-state index >= 15 is 0 Å². The Morgan fingerprint density at radius 1 is 0.675 bits per heavy atom. The van der Waals surface area contributed by atoms with Gasteiger partial charge in [0.25, 0.3) is 10.0 Å². The summed E-state index contributed by atoms with van der Waals surface area (Å²) in [5.41, 5.74) is -6.29. The van der Waals surface area contributed by atoms with Gasteiger partial charge in [-0.05, 0) is 31.7 Å². The van der Waals surface area contributed by atoms with Crippen molar-refractivity contribution in [3.05, 3.63) is 0 Å². The highest BCUT2D eigenvalue weighted by Gasteiger charge is 2.64. The first-order chi connectivity index (χ1) is 17.3. The minimum absolute atomic E-state index is 0.103. The first kappa shape index (κ1) is 39.2. The molecule has 27 heteroatoms.